The second kappa shape index (κ2) is 9.08. The van der Waals surface area contributed by atoms with Gasteiger partial charge >= 0.3 is 0 Å². The van der Waals surface area contributed by atoms with Crippen molar-refractivity contribution in [1.29, 1.82) is 0 Å². The highest BCUT2D eigenvalue weighted by Crippen LogP contribution is 2.35. The molecule has 0 bridgehead atoms. The van der Waals surface area contributed by atoms with Crippen molar-refractivity contribution >= 4 is 28.2 Å². The molecule has 0 aliphatic heterocycles. The van der Waals surface area contributed by atoms with Crippen LogP contribution in [0.5, 0.6) is 5.75 Å². The van der Waals surface area contributed by atoms with Crippen molar-refractivity contribution in [3.63, 3.8) is 0 Å². The first kappa shape index (κ1) is 19.5. The largest absolute Gasteiger partial charge is 0.496 e. The molecule has 0 unspecified atom stereocenters. The standard InChI is InChI=1S/C20H25N3O3S/c1-13-8-10-17(26-2)15(12-13)16(24)9-11-18(25)21-20-23-22-19(27-20)14-6-4-3-5-7-14/h8,10,12,14H,3-7,9,11H2,1-2H3,(H,21,23,25). The first-order valence-electron chi connectivity index (χ1n) is 9.38. The summed E-state index contributed by atoms with van der Waals surface area (Å²) in [7, 11) is 1.54. The summed E-state index contributed by atoms with van der Waals surface area (Å²) in [6, 6.07) is 5.46. The summed E-state index contributed by atoms with van der Waals surface area (Å²) in [4.78, 5) is 24.7. The number of Topliss-reactive ketones (excluding diaryl/α,β-unsaturated/α-hetero) is 1. The van der Waals surface area contributed by atoms with E-state index in [1.165, 1.54) is 37.7 Å². The molecule has 0 atom stereocenters. The molecule has 1 fully saturated rings. The quantitative estimate of drug-likeness (QED) is 0.707. The Morgan fingerprint density at radius 2 is 1.96 bits per heavy atom. The Morgan fingerprint density at radius 3 is 2.70 bits per heavy atom. The second-order valence-electron chi connectivity index (χ2n) is 6.96. The summed E-state index contributed by atoms with van der Waals surface area (Å²) in [5.74, 6) is 0.677. The van der Waals surface area contributed by atoms with E-state index in [1.54, 1.807) is 12.1 Å². The maximum Gasteiger partial charge on any atom is 0.226 e. The van der Waals surface area contributed by atoms with Crippen LogP contribution in [0.25, 0.3) is 0 Å². The molecule has 0 spiro atoms. The maximum atomic E-state index is 12.5. The van der Waals surface area contributed by atoms with E-state index in [-0.39, 0.29) is 24.5 Å². The zero-order valence-electron chi connectivity index (χ0n) is 15.8. The maximum absolute atomic E-state index is 12.5. The molecule has 1 aromatic heterocycles. The van der Waals surface area contributed by atoms with Crippen molar-refractivity contribution in [2.75, 3.05) is 12.4 Å². The lowest BCUT2D eigenvalue weighted by Crippen LogP contribution is -2.13. The Hall–Kier alpha value is -2.28. The van der Waals surface area contributed by atoms with E-state index < -0.39 is 0 Å². The molecule has 144 valence electrons. The predicted molar refractivity (Wildman–Crippen MR) is 106 cm³/mol. The molecule has 1 aromatic carbocycles. The van der Waals surface area contributed by atoms with E-state index in [0.717, 1.165) is 23.4 Å². The van der Waals surface area contributed by atoms with Crippen LogP contribution < -0.4 is 10.1 Å². The number of rotatable bonds is 7. The van der Waals surface area contributed by atoms with E-state index in [2.05, 4.69) is 15.5 Å². The minimum atomic E-state index is -0.221. The lowest BCUT2D eigenvalue weighted by molar-refractivity contribution is -0.116. The molecule has 27 heavy (non-hydrogen) atoms. The number of benzene rings is 1. The molecule has 1 heterocycles. The third-order valence-corrected chi connectivity index (χ3v) is 5.88. The molecule has 2 aromatic rings. The van der Waals surface area contributed by atoms with Gasteiger partial charge in [-0.3, -0.25) is 9.59 Å². The SMILES string of the molecule is COc1ccc(C)cc1C(=O)CCC(=O)Nc1nnc(C2CCCCC2)s1. The minimum absolute atomic E-state index is 0.105. The van der Waals surface area contributed by atoms with Crippen molar-refractivity contribution in [2.45, 2.75) is 57.8 Å². The number of carbonyl (C=O) groups excluding carboxylic acids is 2. The number of amides is 1. The lowest BCUT2D eigenvalue weighted by atomic mass is 9.90. The van der Waals surface area contributed by atoms with Crippen LogP contribution in [0, 0.1) is 6.92 Å². The zero-order chi connectivity index (χ0) is 19.2. The van der Waals surface area contributed by atoms with Crippen LogP contribution in [0.1, 0.15) is 71.8 Å². The number of methoxy groups -OCH3 is 1. The fourth-order valence-electron chi connectivity index (χ4n) is 3.38. The third kappa shape index (κ3) is 5.13. The summed E-state index contributed by atoms with van der Waals surface area (Å²) in [6.45, 7) is 1.92. The van der Waals surface area contributed by atoms with E-state index in [1.807, 2.05) is 13.0 Å². The molecule has 3 rings (SSSR count). The van der Waals surface area contributed by atoms with Gasteiger partial charge in [0.15, 0.2) is 5.78 Å². The molecule has 1 aliphatic rings. The van der Waals surface area contributed by atoms with E-state index in [9.17, 15) is 9.59 Å². The normalized spacial score (nSPS) is 14.7. The zero-order valence-corrected chi connectivity index (χ0v) is 16.6. The van der Waals surface area contributed by atoms with Crippen LogP contribution in [0.2, 0.25) is 0 Å². The number of hydrogen-bond donors (Lipinski definition) is 1. The third-order valence-electron chi connectivity index (χ3n) is 4.88. The molecule has 6 nitrogen and oxygen atoms in total. The van der Waals surface area contributed by atoms with Crippen LogP contribution in [0.3, 0.4) is 0 Å². The van der Waals surface area contributed by atoms with Crippen LogP contribution in [-0.2, 0) is 4.79 Å². The van der Waals surface area contributed by atoms with Crippen LogP contribution in [0.4, 0.5) is 5.13 Å². The number of nitrogens with one attached hydrogen (secondary N) is 1. The molecular weight excluding hydrogens is 362 g/mol. The van der Waals surface area contributed by atoms with Crippen LogP contribution in [-0.4, -0.2) is 29.0 Å². The van der Waals surface area contributed by atoms with Gasteiger partial charge in [0, 0.05) is 18.8 Å². The van der Waals surface area contributed by atoms with Crippen molar-refractivity contribution in [2.24, 2.45) is 0 Å². The van der Waals surface area contributed by atoms with Gasteiger partial charge in [-0.15, -0.1) is 10.2 Å². The van der Waals surface area contributed by atoms with Gasteiger partial charge in [-0.25, -0.2) is 0 Å². The Bertz CT molecular complexity index is 813. The number of ketones is 1. The highest BCUT2D eigenvalue weighted by Gasteiger charge is 2.20. The molecule has 7 heteroatoms. The summed E-state index contributed by atoms with van der Waals surface area (Å²) >= 11 is 1.45. The number of ether oxygens (including phenoxy) is 1. The van der Waals surface area contributed by atoms with Crippen molar-refractivity contribution in [3.8, 4) is 5.75 Å². The van der Waals surface area contributed by atoms with Crippen molar-refractivity contribution < 1.29 is 14.3 Å². The topological polar surface area (TPSA) is 81.2 Å². The summed E-state index contributed by atoms with van der Waals surface area (Å²) < 4.78 is 5.25. The van der Waals surface area contributed by atoms with E-state index in [0.29, 0.717) is 22.4 Å². The summed E-state index contributed by atoms with van der Waals surface area (Å²) in [5.41, 5.74) is 1.49. The van der Waals surface area contributed by atoms with E-state index >= 15 is 0 Å². The molecular formula is C20H25N3O3S. The second-order valence-corrected chi connectivity index (χ2v) is 7.96. The number of anilines is 1. The van der Waals surface area contributed by atoms with E-state index in [4.69, 9.17) is 4.74 Å². The van der Waals surface area contributed by atoms with Crippen molar-refractivity contribution in [1.82, 2.24) is 10.2 Å². The van der Waals surface area contributed by atoms with Gasteiger partial charge in [0.1, 0.15) is 10.8 Å². The average Bonchev–Trinajstić information content (AvgIpc) is 3.15. The van der Waals surface area contributed by atoms with Gasteiger partial charge in [0.05, 0.1) is 12.7 Å². The lowest BCUT2D eigenvalue weighted by Gasteiger charge is -2.18. The highest BCUT2D eigenvalue weighted by atomic mass is 32.1. The molecule has 1 saturated carbocycles. The number of hydrogen-bond acceptors (Lipinski definition) is 6. The first-order chi connectivity index (χ1) is 13.1. The monoisotopic (exact) mass is 387 g/mol. The highest BCUT2D eigenvalue weighted by molar-refractivity contribution is 7.15. The predicted octanol–water partition coefficient (Wildman–Crippen LogP) is 4.50. The Morgan fingerprint density at radius 1 is 1.19 bits per heavy atom. The number of carbonyl (C=O) groups is 2. The van der Waals surface area contributed by atoms with Crippen molar-refractivity contribution in [3.05, 3.63) is 34.3 Å². The molecule has 1 amide bonds. The number of nitrogens with zero attached hydrogens (tertiary/aromatic N) is 2. The van der Waals surface area contributed by atoms with Gasteiger partial charge in [-0.05, 0) is 31.9 Å². The number of aromatic nitrogens is 2. The average molecular weight is 388 g/mol. The Kier molecular flexibility index (Phi) is 6.55. The Labute approximate surface area is 163 Å². The van der Waals surface area contributed by atoms with Gasteiger partial charge in [0.25, 0.3) is 0 Å². The molecule has 1 N–H and O–H groups in total. The molecule has 0 radical (unpaired) electrons. The fourth-order valence-corrected chi connectivity index (χ4v) is 4.31. The molecule has 1 aliphatic carbocycles. The Balaban J connectivity index is 1.53. The minimum Gasteiger partial charge on any atom is -0.496 e. The van der Waals surface area contributed by atoms with Crippen LogP contribution in [0.15, 0.2) is 18.2 Å². The van der Waals surface area contributed by atoms with Gasteiger partial charge < -0.3 is 10.1 Å². The summed E-state index contributed by atoms with van der Waals surface area (Å²) in [6.07, 6.45) is 6.28. The molecule has 0 saturated heterocycles. The fraction of sp³-hybridized carbons (Fsp3) is 0.500. The summed E-state index contributed by atoms with van der Waals surface area (Å²) in [5, 5.41) is 12.6. The smallest absolute Gasteiger partial charge is 0.226 e. The van der Waals surface area contributed by atoms with Gasteiger partial charge in [-0.2, -0.15) is 0 Å². The number of aryl methyl sites for hydroxylation is 1. The first-order valence-corrected chi connectivity index (χ1v) is 10.2. The van der Waals surface area contributed by atoms with Gasteiger partial charge in [0.2, 0.25) is 11.0 Å². The van der Waals surface area contributed by atoms with Crippen LogP contribution >= 0.6 is 11.3 Å². The van der Waals surface area contributed by atoms with Gasteiger partial charge in [-0.1, -0.05) is 42.2 Å².